The number of carbonyl (C=O) groups is 3. The molecule has 6 rings (SSSR count). The van der Waals surface area contributed by atoms with E-state index in [2.05, 4.69) is 0 Å². The van der Waals surface area contributed by atoms with Gasteiger partial charge < -0.3 is 0 Å². The van der Waals surface area contributed by atoms with Crippen LogP contribution in [0.1, 0.15) is 34.9 Å². The summed E-state index contributed by atoms with van der Waals surface area (Å²) >= 11 is 0. The lowest BCUT2D eigenvalue weighted by atomic mass is 9.56. The fourth-order valence-corrected chi connectivity index (χ4v) is 4.91. The normalized spacial score (nSPS) is 29.8. The van der Waals surface area contributed by atoms with Crippen LogP contribution in [0.2, 0.25) is 0 Å². The number of fused-ring (bicyclic) bond motifs is 1. The van der Waals surface area contributed by atoms with E-state index < -0.39 is 17.8 Å². The first-order valence-corrected chi connectivity index (χ1v) is 8.64. The molecule has 0 radical (unpaired) electrons. The van der Waals surface area contributed by atoms with E-state index in [0.29, 0.717) is 12.1 Å². The monoisotopic (exact) mass is 331 g/mol. The summed E-state index contributed by atoms with van der Waals surface area (Å²) in [6, 6.07) is 15.2. The second kappa shape index (κ2) is 4.88. The zero-order valence-electron chi connectivity index (χ0n) is 13.8. The van der Waals surface area contributed by atoms with Crippen molar-refractivity contribution in [2.45, 2.75) is 25.2 Å². The molecule has 2 aromatic carbocycles. The number of ketones is 1. The molecule has 0 spiro atoms. The first kappa shape index (κ1) is 14.6. The fourth-order valence-electron chi connectivity index (χ4n) is 4.91. The molecule has 25 heavy (non-hydrogen) atoms. The minimum Gasteiger partial charge on any atom is -0.299 e. The van der Waals surface area contributed by atoms with Crippen LogP contribution in [0.5, 0.6) is 0 Å². The predicted molar refractivity (Wildman–Crippen MR) is 92.2 cm³/mol. The molecule has 4 heteroatoms. The summed E-state index contributed by atoms with van der Waals surface area (Å²) in [5.41, 5.74) is 3.69. The van der Waals surface area contributed by atoms with Crippen LogP contribution >= 0.6 is 0 Å². The SMILES string of the molecule is Cc1ccc(N2C(=O)[C@H]3[C@H](C2=O)[C@@H]2C(=O)C[C@@H]3c3ccccc32)cc1. The molecule has 4 nitrogen and oxygen atoms in total. The quantitative estimate of drug-likeness (QED) is 0.755. The molecular formula is C21H17NO3. The maximum atomic E-state index is 13.1. The first-order chi connectivity index (χ1) is 12.1. The molecule has 1 saturated heterocycles. The molecule has 2 fully saturated rings. The summed E-state index contributed by atoms with van der Waals surface area (Å²) in [4.78, 5) is 40.2. The average molecular weight is 331 g/mol. The number of hydrogen-bond acceptors (Lipinski definition) is 3. The van der Waals surface area contributed by atoms with Gasteiger partial charge in [0, 0.05) is 12.3 Å². The molecule has 2 aromatic rings. The lowest BCUT2D eigenvalue weighted by molar-refractivity contribution is -0.134. The predicted octanol–water partition coefficient (Wildman–Crippen LogP) is 2.95. The number of hydrogen-bond donors (Lipinski definition) is 0. The van der Waals surface area contributed by atoms with Crippen LogP contribution in [0, 0.1) is 18.8 Å². The third-order valence-electron chi connectivity index (χ3n) is 5.98. The molecular weight excluding hydrogens is 314 g/mol. The molecule has 4 atom stereocenters. The lowest BCUT2D eigenvalue weighted by Crippen LogP contribution is -2.44. The highest BCUT2D eigenvalue weighted by Gasteiger charge is 2.62. The highest BCUT2D eigenvalue weighted by atomic mass is 16.2. The Morgan fingerprint density at radius 1 is 0.840 bits per heavy atom. The van der Waals surface area contributed by atoms with E-state index in [1.165, 1.54) is 4.90 Å². The van der Waals surface area contributed by atoms with Crippen molar-refractivity contribution in [2.24, 2.45) is 11.8 Å². The van der Waals surface area contributed by atoms with Crippen molar-refractivity contribution >= 4 is 23.3 Å². The van der Waals surface area contributed by atoms with E-state index in [0.717, 1.165) is 16.7 Å². The Morgan fingerprint density at radius 2 is 1.48 bits per heavy atom. The number of rotatable bonds is 1. The summed E-state index contributed by atoms with van der Waals surface area (Å²) in [6.45, 7) is 1.96. The van der Waals surface area contributed by atoms with Crippen molar-refractivity contribution in [3.63, 3.8) is 0 Å². The summed E-state index contributed by atoms with van der Waals surface area (Å²) in [5.74, 6) is -1.89. The van der Waals surface area contributed by atoms with Crippen molar-refractivity contribution in [3.8, 4) is 0 Å². The Morgan fingerprint density at radius 3 is 2.20 bits per heavy atom. The van der Waals surface area contributed by atoms with Gasteiger partial charge in [-0.05, 0) is 30.2 Å². The van der Waals surface area contributed by atoms with Gasteiger partial charge in [0.25, 0.3) is 0 Å². The highest BCUT2D eigenvalue weighted by Crippen LogP contribution is 2.57. The minimum atomic E-state index is -0.546. The molecule has 0 N–H and O–H groups in total. The van der Waals surface area contributed by atoms with Crippen molar-refractivity contribution in [3.05, 3.63) is 65.2 Å². The molecule has 1 aliphatic heterocycles. The van der Waals surface area contributed by atoms with Gasteiger partial charge in [0.2, 0.25) is 11.8 Å². The van der Waals surface area contributed by atoms with Crippen molar-refractivity contribution < 1.29 is 14.4 Å². The number of amides is 2. The smallest absolute Gasteiger partial charge is 0.238 e. The van der Waals surface area contributed by atoms with Crippen molar-refractivity contribution in [2.75, 3.05) is 4.90 Å². The van der Waals surface area contributed by atoms with Crippen molar-refractivity contribution in [1.82, 2.24) is 0 Å². The summed E-state index contributed by atoms with van der Waals surface area (Å²) in [5, 5.41) is 0. The van der Waals surface area contributed by atoms with E-state index >= 15 is 0 Å². The number of aryl methyl sites for hydroxylation is 1. The third kappa shape index (κ3) is 1.79. The summed E-state index contributed by atoms with van der Waals surface area (Å²) < 4.78 is 0. The van der Waals surface area contributed by atoms with E-state index in [4.69, 9.17) is 0 Å². The van der Waals surface area contributed by atoms with Crippen LogP contribution in [-0.4, -0.2) is 17.6 Å². The van der Waals surface area contributed by atoms with E-state index in [1.54, 1.807) is 12.1 Å². The van der Waals surface area contributed by atoms with Gasteiger partial charge in [-0.25, -0.2) is 0 Å². The topological polar surface area (TPSA) is 54.5 Å². The van der Waals surface area contributed by atoms with E-state index in [9.17, 15) is 14.4 Å². The number of anilines is 1. The maximum absolute atomic E-state index is 13.1. The van der Waals surface area contributed by atoms with Gasteiger partial charge in [-0.2, -0.15) is 0 Å². The van der Waals surface area contributed by atoms with Crippen LogP contribution in [0.15, 0.2) is 48.5 Å². The molecule has 3 aliphatic carbocycles. The van der Waals surface area contributed by atoms with Gasteiger partial charge in [0.15, 0.2) is 0 Å². The summed E-state index contributed by atoms with van der Waals surface area (Å²) in [7, 11) is 0. The molecule has 124 valence electrons. The van der Waals surface area contributed by atoms with Gasteiger partial charge >= 0.3 is 0 Å². The molecule has 1 saturated carbocycles. The minimum absolute atomic E-state index is 0.0943. The molecule has 1 heterocycles. The lowest BCUT2D eigenvalue weighted by Gasteiger charge is -2.43. The Labute approximate surface area is 145 Å². The van der Waals surface area contributed by atoms with Gasteiger partial charge in [0.05, 0.1) is 23.4 Å². The largest absolute Gasteiger partial charge is 0.299 e. The number of carbonyl (C=O) groups excluding carboxylic acids is 3. The van der Waals surface area contributed by atoms with Gasteiger partial charge in [-0.15, -0.1) is 0 Å². The molecule has 4 aliphatic rings. The van der Waals surface area contributed by atoms with Gasteiger partial charge in [-0.1, -0.05) is 42.0 Å². The average Bonchev–Trinajstić information content (AvgIpc) is 2.88. The number of imide groups is 1. The van der Waals surface area contributed by atoms with Crippen LogP contribution in [-0.2, 0) is 14.4 Å². The van der Waals surface area contributed by atoms with E-state index in [1.807, 2.05) is 43.3 Å². The second-order valence-electron chi connectivity index (χ2n) is 7.28. The molecule has 0 aromatic heterocycles. The zero-order chi connectivity index (χ0) is 17.3. The maximum Gasteiger partial charge on any atom is 0.238 e. The fraction of sp³-hybridized carbons (Fsp3) is 0.286. The second-order valence-corrected chi connectivity index (χ2v) is 7.28. The van der Waals surface area contributed by atoms with Gasteiger partial charge in [-0.3, -0.25) is 19.3 Å². The standard InChI is InChI=1S/C21H17NO3/c1-11-6-8-12(9-7-11)22-20(24)18-15-10-16(23)17(19(18)21(22)25)14-5-3-2-4-13(14)15/h2-9,15,17-19H,10H2,1H3/t15-,17+,18-,19-/m1/s1. The summed E-state index contributed by atoms with van der Waals surface area (Å²) in [6.07, 6.45) is 0.365. The Bertz CT molecular complexity index is 930. The first-order valence-electron chi connectivity index (χ1n) is 8.64. The highest BCUT2D eigenvalue weighted by molar-refractivity contribution is 6.24. The van der Waals surface area contributed by atoms with E-state index in [-0.39, 0.29) is 23.5 Å². The van der Waals surface area contributed by atoms with Crippen LogP contribution in [0.25, 0.3) is 0 Å². The Kier molecular flexibility index (Phi) is 2.85. The third-order valence-corrected chi connectivity index (χ3v) is 5.98. The number of nitrogens with zero attached hydrogens (tertiary/aromatic N) is 1. The molecule has 0 unspecified atom stereocenters. The number of Topliss-reactive ketones (excluding diaryl/α,β-unsaturated/α-hetero) is 1. The molecule has 2 amide bonds. The van der Waals surface area contributed by atoms with Gasteiger partial charge in [0.1, 0.15) is 5.78 Å². The zero-order valence-corrected chi connectivity index (χ0v) is 13.8. The van der Waals surface area contributed by atoms with Crippen LogP contribution < -0.4 is 4.90 Å². The van der Waals surface area contributed by atoms with Crippen LogP contribution in [0.4, 0.5) is 5.69 Å². The Hall–Kier alpha value is -2.75. The number of benzene rings is 2. The molecule has 2 bridgehead atoms. The van der Waals surface area contributed by atoms with Crippen molar-refractivity contribution in [1.29, 1.82) is 0 Å². The van der Waals surface area contributed by atoms with Crippen LogP contribution in [0.3, 0.4) is 0 Å². The Balaban J connectivity index is 1.65.